The Kier molecular flexibility index (Phi) is 4.28. The van der Waals surface area contributed by atoms with E-state index in [0.29, 0.717) is 18.3 Å². The highest BCUT2D eigenvalue weighted by atomic mass is 16.5. The number of hydrogen-bond donors (Lipinski definition) is 2. The lowest BCUT2D eigenvalue weighted by atomic mass is 10.2. The van der Waals surface area contributed by atoms with Gasteiger partial charge >= 0.3 is 0 Å². The van der Waals surface area contributed by atoms with Crippen molar-refractivity contribution in [3.05, 3.63) is 18.2 Å². The molecular formula is C12H20N2O. The number of ether oxygens (including phenoxy) is 1. The first-order valence-electron chi connectivity index (χ1n) is 5.43. The fraction of sp³-hybridized carbons (Fsp3) is 0.500. The lowest BCUT2D eigenvalue weighted by Crippen LogP contribution is -2.12. The van der Waals surface area contributed by atoms with Crippen LogP contribution in [0.4, 0.5) is 11.4 Å². The lowest BCUT2D eigenvalue weighted by Gasteiger charge is -2.15. The van der Waals surface area contributed by atoms with E-state index >= 15 is 0 Å². The monoisotopic (exact) mass is 208 g/mol. The fourth-order valence-corrected chi connectivity index (χ4v) is 1.32. The van der Waals surface area contributed by atoms with Crippen LogP contribution in [0.2, 0.25) is 0 Å². The van der Waals surface area contributed by atoms with Gasteiger partial charge in [0.1, 0.15) is 5.75 Å². The molecule has 0 aromatic heterocycles. The lowest BCUT2D eigenvalue weighted by molar-refractivity contribution is 0.319. The minimum Gasteiger partial charge on any atom is -0.491 e. The molecular weight excluding hydrogens is 188 g/mol. The number of nitrogen functional groups attached to an aromatic ring is 1. The average molecular weight is 208 g/mol. The number of rotatable bonds is 5. The van der Waals surface area contributed by atoms with Gasteiger partial charge in [0.25, 0.3) is 0 Å². The Labute approximate surface area is 91.6 Å². The summed E-state index contributed by atoms with van der Waals surface area (Å²) in [6, 6.07) is 6.19. The first-order valence-corrected chi connectivity index (χ1v) is 5.43. The maximum atomic E-state index is 5.98. The summed E-state index contributed by atoms with van der Waals surface area (Å²) in [4.78, 5) is 0. The average Bonchev–Trinajstić information content (AvgIpc) is 2.19. The molecule has 1 aromatic carbocycles. The van der Waals surface area contributed by atoms with Crippen LogP contribution in [0, 0.1) is 0 Å². The van der Waals surface area contributed by atoms with E-state index in [0.717, 1.165) is 17.9 Å². The zero-order valence-corrected chi connectivity index (χ0v) is 9.71. The van der Waals surface area contributed by atoms with Crippen molar-refractivity contribution in [2.24, 2.45) is 0 Å². The first kappa shape index (κ1) is 11.7. The number of anilines is 2. The molecule has 1 rings (SSSR count). The van der Waals surface area contributed by atoms with Crippen LogP contribution in [0.25, 0.3) is 0 Å². The highest BCUT2D eigenvalue weighted by Gasteiger charge is 2.06. The van der Waals surface area contributed by atoms with E-state index in [1.54, 1.807) is 0 Å². The number of benzene rings is 1. The second kappa shape index (κ2) is 5.49. The van der Waals surface area contributed by atoms with Crippen molar-refractivity contribution in [1.82, 2.24) is 0 Å². The van der Waals surface area contributed by atoms with Crippen molar-refractivity contribution < 1.29 is 4.74 Å². The summed E-state index contributed by atoms with van der Waals surface area (Å²) < 4.78 is 5.54. The largest absolute Gasteiger partial charge is 0.491 e. The molecule has 0 unspecified atom stereocenters. The minimum atomic E-state index is 0.369. The van der Waals surface area contributed by atoms with Crippen molar-refractivity contribution in [3.8, 4) is 5.75 Å². The van der Waals surface area contributed by atoms with E-state index in [1.165, 1.54) is 0 Å². The van der Waals surface area contributed by atoms with Crippen molar-refractivity contribution in [3.63, 3.8) is 0 Å². The van der Waals surface area contributed by atoms with E-state index in [4.69, 9.17) is 10.5 Å². The molecule has 0 radical (unpaired) electrons. The van der Waals surface area contributed by atoms with E-state index in [-0.39, 0.29) is 0 Å². The van der Waals surface area contributed by atoms with E-state index in [1.807, 2.05) is 18.2 Å². The van der Waals surface area contributed by atoms with Crippen LogP contribution >= 0.6 is 0 Å². The summed E-state index contributed by atoms with van der Waals surface area (Å²) in [5.74, 6) is 0.766. The van der Waals surface area contributed by atoms with Gasteiger partial charge < -0.3 is 15.8 Å². The highest BCUT2D eigenvalue weighted by Crippen LogP contribution is 2.29. The van der Waals surface area contributed by atoms with Gasteiger partial charge in [-0.15, -0.1) is 0 Å². The van der Waals surface area contributed by atoms with Crippen molar-refractivity contribution in [1.29, 1.82) is 0 Å². The summed E-state index contributed by atoms with van der Waals surface area (Å²) in [7, 11) is 0. The molecule has 0 amide bonds. The van der Waals surface area contributed by atoms with Crippen LogP contribution in [0.3, 0.4) is 0 Å². The Morgan fingerprint density at radius 1 is 1.40 bits per heavy atom. The highest BCUT2D eigenvalue weighted by molar-refractivity contribution is 5.73. The molecule has 15 heavy (non-hydrogen) atoms. The third kappa shape index (κ3) is 3.35. The molecule has 0 saturated heterocycles. The molecule has 1 aromatic rings. The van der Waals surface area contributed by atoms with Crippen molar-refractivity contribution >= 4 is 11.4 Å². The van der Waals surface area contributed by atoms with Crippen LogP contribution in [-0.2, 0) is 0 Å². The van der Waals surface area contributed by atoms with E-state index in [2.05, 4.69) is 26.1 Å². The SMILES string of the molecule is CCCOc1cccc(NC(C)C)c1N. The quantitative estimate of drug-likeness (QED) is 0.731. The predicted molar refractivity (Wildman–Crippen MR) is 65.4 cm³/mol. The summed E-state index contributed by atoms with van der Waals surface area (Å²) in [5.41, 5.74) is 7.62. The van der Waals surface area contributed by atoms with Gasteiger partial charge in [0.15, 0.2) is 0 Å². The van der Waals surface area contributed by atoms with Gasteiger partial charge in [-0.25, -0.2) is 0 Å². The van der Waals surface area contributed by atoms with Crippen LogP contribution in [-0.4, -0.2) is 12.6 Å². The third-order valence-corrected chi connectivity index (χ3v) is 1.97. The van der Waals surface area contributed by atoms with Gasteiger partial charge in [0, 0.05) is 6.04 Å². The molecule has 0 saturated carbocycles. The van der Waals surface area contributed by atoms with E-state index in [9.17, 15) is 0 Å². The normalized spacial score (nSPS) is 10.4. The smallest absolute Gasteiger partial charge is 0.144 e. The Morgan fingerprint density at radius 3 is 2.73 bits per heavy atom. The molecule has 0 heterocycles. The van der Waals surface area contributed by atoms with Crippen molar-refractivity contribution in [2.45, 2.75) is 33.2 Å². The number of hydrogen-bond acceptors (Lipinski definition) is 3. The van der Waals surface area contributed by atoms with Gasteiger partial charge in [0.2, 0.25) is 0 Å². The molecule has 3 nitrogen and oxygen atoms in total. The van der Waals surface area contributed by atoms with Gasteiger partial charge in [-0.3, -0.25) is 0 Å². The molecule has 0 atom stereocenters. The summed E-state index contributed by atoms with van der Waals surface area (Å²) in [6.07, 6.45) is 0.987. The molecule has 0 aliphatic carbocycles. The maximum absolute atomic E-state index is 5.98. The number of nitrogens with one attached hydrogen (secondary N) is 1. The first-order chi connectivity index (χ1) is 7.15. The Hall–Kier alpha value is -1.38. The molecule has 0 fully saturated rings. The molecule has 0 aliphatic heterocycles. The molecule has 3 N–H and O–H groups in total. The van der Waals surface area contributed by atoms with Gasteiger partial charge in [0.05, 0.1) is 18.0 Å². The molecule has 0 spiro atoms. The Balaban J connectivity index is 2.80. The topological polar surface area (TPSA) is 47.3 Å². The van der Waals surface area contributed by atoms with Crippen molar-refractivity contribution in [2.75, 3.05) is 17.7 Å². The standard InChI is InChI=1S/C12H20N2O/c1-4-8-15-11-7-5-6-10(12(11)13)14-9(2)3/h5-7,9,14H,4,8,13H2,1-3H3. The van der Waals surface area contributed by atoms with Gasteiger partial charge in [-0.05, 0) is 32.4 Å². The molecule has 3 heteroatoms. The second-order valence-electron chi connectivity index (χ2n) is 3.86. The van der Waals surface area contributed by atoms with Crippen LogP contribution in [0.5, 0.6) is 5.75 Å². The van der Waals surface area contributed by atoms with Crippen LogP contribution in [0.1, 0.15) is 27.2 Å². The Bertz CT molecular complexity index is 310. The number of para-hydroxylation sites is 1. The van der Waals surface area contributed by atoms with Gasteiger partial charge in [-0.1, -0.05) is 13.0 Å². The molecule has 0 bridgehead atoms. The predicted octanol–water partition coefficient (Wildman–Crippen LogP) is 2.88. The van der Waals surface area contributed by atoms with E-state index < -0.39 is 0 Å². The summed E-state index contributed by atoms with van der Waals surface area (Å²) >= 11 is 0. The second-order valence-corrected chi connectivity index (χ2v) is 3.86. The van der Waals surface area contributed by atoms with Crippen LogP contribution in [0.15, 0.2) is 18.2 Å². The summed E-state index contributed by atoms with van der Waals surface area (Å²) in [6.45, 7) is 6.94. The fourth-order valence-electron chi connectivity index (χ4n) is 1.32. The minimum absolute atomic E-state index is 0.369. The molecule has 0 aliphatic rings. The zero-order valence-electron chi connectivity index (χ0n) is 9.71. The third-order valence-electron chi connectivity index (χ3n) is 1.97. The van der Waals surface area contributed by atoms with Crippen LogP contribution < -0.4 is 15.8 Å². The molecule has 84 valence electrons. The summed E-state index contributed by atoms with van der Waals surface area (Å²) in [5, 5.41) is 3.28. The maximum Gasteiger partial charge on any atom is 0.144 e. The number of nitrogens with two attached hydrogens (primary N) is 1. The van der Waals surface area contributed by atoms with Gasteiger partial charge in [-0.2, -0.15) is 0 Å². The zero-order chi connectivity index (χ0) is 11.3. The Morgan fingerprint density at radius 2 is 2.13 bits per heavy atom.